The maximum atomic E-state index is 12.8. The number of methoxy groups -OCH3 is 1. The topological polar surface area (TPSA) is 84.9 Å². The van der Waals surface area contributed by atoms with Gasteiger partial charge in [0.05, 0.1) is 18.9 Å². The molecular formula is C24H22ClNO5S. The molecule has 1 amide bonds. The Morgan fingerprint density at radius 3 is 2.56 bits per heavy atom. The fourth-order valence-electron chi connectivity index (χ4n) is 3.91. The smallest absolute Gasteiger partial charge is 0.346 e. The van der Waals surface area contributed by atoms with Crippen LogP contribution in [0.4, 0.5) is 5.69 Å². The summed E-state index contributed by atoms with van der Waals surface area (Å²) in [6.07, 6.45) is 0.0679. The number of hydrogen-bond donors (Lipinski definition) is 2. The van der Waals surface area contributed by atoms with Crippen molar-refractivity contribution in [2.45, 2.75) is 32.3 Å². The minimum Gasteiger partial charge on any atom is -0.493 e. The third-order valence-corrected chi connectivity index (χ3v) is 6.73. The second-order valence-electron chi connectivity index (χ2n) is 7.71. The van der Waals surface area contributed by atoms with E-state index in [2.05, 4.69) is 5.32 Å². The zero-order chi connectivity index (χ0) is 23.0. The first kappa shape index (κ1) is 22.2. The van der Waals surface area contributed by atoms with Crippen LogP contribution in [0.5, 0.6) is 11.5 Å². The number of carbonyl (C=O) groups excluding carboxylic acids is 1. The Balaban J connectivity index is 1.94. The van der Waals surface area contributed by atoms with Crippen molar-refractivity contribution in [1.29, 1.82) is 0 Å². The molecule has 1 aliphatic heterocycles. The monoisotopic (exact) mass is 471 g/mol. The molecule has 0 bridgehead atoms. The third-order valence-electron chi connectivity index (χ3n) is 5.19. The van der Waals surface area contributed by atoms with Crippen molar-refractivity contribution in [3.8, 4) is 22.6 Å². The number of halogens is 1. The lowest BCUT2D eigenvalue weighted by Crippen LogP contribution is -2.23. The van der Waals surface area contributed by atoms with Gasteiger partial charge < -0.3 is 19.9 Å². The highest BCUT2D eigenvalue weighted by atomic mass is 35.5. The van der Waals surface area contributed by atoms with E-state index in [9.17, 15) is 14.7 Å². The Hall–Kier alpha value is -3.03. The zero-order valence-corrected chi connectivity index (χ0v) is 19.3. The van der Waals surface area contributed by atoms with Crippen LogP contribution in [0.2, 0.25) is 5.02 Å². The third kappa shape index (κ3) is 4.06. The number of benzene rings is 2. The number of anilines is 1. The maximum absolute atomic E-state index is 12.8. The van der Waals surface area contributed by atoms with E-state index in [0.717, 1.165) is 10.4 Å². The molecule has 166 valence electrons. The number of nitrogens with one attached hydrogen (secondary N) is 1. The lowest BCUT2D eigenvalue weighted by atomic mass is 9.88. The molecule has 1 atom stereocenters. The van der Waals surface area contributed by atoms with Crippen molar-refractivity contribution in [3.05, 3.63) is 62.8 Å². The van der Waals surface area contributed by atoms with Gasteiger partial charge in [-0.1, -0.05) is 35.9 Å². The van der Waals surface area contributed by atoms with Crippen LogP contribution >= 0.6 is 22.9 Å². The van der Waals surface area contributed by atoms with Crippen LogP contribution in [-0.2, 0) is 4.79 Å². The van der Waals surface area contributed by atoms with Crippen molar-refractivity contribution >= 4 is 40.5 Å². The summed E-state index contributed by atoms with van der Waals surface area (Å²) in [5.41, 5.74) is 2.47. The first-order valence-electron chi connectivity index (χ1n) is 10.1. The number of para-hydroxylation sites is 1. The van der Waals surface area contributed by atoms with Gasteiger partial charge in [-0.15, -0.1) is 11.3 Å². The Kier molecular flexibility index (Phi) is 6.13. The van der Waals surface area contributed by atoms with Gasteiger partial charge in [-0.2, -0.15) is 0 Å². The van der Waals surface area contributed by atoms with E-state index in [1.807, 2.05) is 26.0 Å². The van der Waals surface area contributed by atoms with Gasteiger partial charge in [0, 0.05) is 33.4 Å². The molecule has 2 heterocycles. The quantitative estimate of drug-likeness (QED) is 0.458. The summed E-state index contributed by atoms with van der Waals surface area (Å²) < 4.78 is 11.6. The Bertz CT molecular complexity index is 1190. The normalized spacial score (nSPS) is 15.3. The summed E-state index contributed by atoms with van der Waals surface area (Å²) in [5.74, 6) is -0.477. The highest BCUT2D eigenvalue weighted by Crippen LogP contribution is 2.52. The number of fused-ring (bicyclic) bond motifs is 1. The van der Waals surface area contributed by atoms with E-state index in [0.29, 0.717) is 33.3 Å². The number of rotatable bonds is 6. The number of hydrogen-bond acceptors (Lipinski definition) is 5. The zero-order valence-electron chi connectivity index (χ0n) is 17.8. The summed E-state index contributed by atoms with van der Waals surface area (Å²) in [6, 6.07) is 12.5. The second kappa shape index (κ2) is 8.84. The second-order valence-corrected chi connectivity index (χ2v) is 9.20. The van der Waals surface area contributed by atoms with Crippen LogP contribution in [0.25, 0.3) is 11.1 Å². The van der Waals surface area contributed by atoms with E-state index in [1.165, 1.54) is 11.3 Å². The first-order valence-corrected chi connectivity index (χ1v) is 11.3. The predicted molar refractivity (Wildman–Crippen MR) is 126 cm³/mol. The first-order chi connectivity index (χ1) is 15.3. The maximum Gasteiger partial charge on any atom is 0.346 e. The standard InChI is InChI=1S/C24H22ClNO5S/c1-12(2)31-21-15(5-4-6-17(21)30-3)16-11-18(27)26-20-19(13-7-9-14(25)10-8-13)23(24(28)29)32-22(16)20/h4-10,12,16H,11H2,1-3H3,(H,26,27)(H,28,29)/t16-/m1/s1. The van der Waals surface area contributed by atoms with Gasteiger partial charge >= 0.3 is 5.97 Å². The Morgan fingerprint density at radius 1 is 1.22 bits per heavy atom. The van der Waals surface area contributed by atoms with Gasteiger partial charge in [0.15, 0.2) is 11.5 Å². The van der Waals surface area contributed by atoms with E-state index < -0.39 is 5.97 Å². The van der Waals surface area contributed by atoms with Crippen LogP contribution in [0.3, 0.4) is 0 Å². The molecule has 0 saturated carbocycles. The Labute approximate surface area is 194 Å². The molecule has 0 saturated heterocycles. The van der Waals surface area contributed by atoms with Crippen molar-refractivity contribution in [1.82, 2.24) is 0 Å². The average Bonchev–Trinajstić information content (AvgIpc) is 3.13. The number of ether oxygens (including phenoxy) is 2. The van der Waals surface area contributed by atoms with Crippen LogP contribution in [0.1, 0.15) is 46.3 Å². The molecule has 0 unspecified atom stereocenters. The fraction of sp³-hybridized carbons (Fsp3) is 0.250. The van der Waals surface area contributed by atoms with Crippen LogP contribution in [0.15, 0.2) is 42.5 Å². The van der Waals surface area contributed by atoms with E-state index in [4.69, 9.17) is 21.1 Å². The minimum atomic E-state index is -1.05. The molecule has 6 nitrogen and oxygen atoms in total. The van der Waals surface area contributed by atoms with Gasteiger partial charge in [0.1, 0.15) is 4.88 Å². The molecule has 8 heteroatoms. The molecule has 4 rings (SSSR count). The molecule has 0 spiro atoms. The number of carboxylic acids is 1. The van der Waals surface area contributed by atoms with Crippen LogP contribution in [0, 0.1) is 0 Å². The van der Waals surface area contributed by atoms with Gasteiger partial charge in [0.2, 0.25) is 5.91 Å². The average molecular weight is 472 g/mol. The molecular weight excluding hydrogens is 450 g/mol. The lowest BCUT2D eigenvalue weighted by Gasteiger charge is -2.27. The molecule has 3 aromatic rings. The van der Waals surface area contributed by atoms with Crippen molar-refractivity contribution in [2.24, 2.45) is 0 Å². The molecule has 2 aromatic carbocycles. The molecule has 1 aliphatic rings. The minimum absolute atomic E-state index is 0.107. The predicted octanol–water partition coefficient (Wildman–Crippen LogP) is 6.04. The molecule has 2 N–H and O–H groups in total. The van der Waals surface area contributed by atoms with Crippen LogP contribution < -0.4 is 14.8 Å². The summed E-state index contributed by atoms with van der Waals surface area (Å²) >= 11 is 7.19. The highest BCUT2D eigenvalue weighted by Gasteiger charge is 2.36. The fourth-order valence-corrected chi connectivity index (χ4v) is 5.27. The largest absolute Gasteiger partial charge is 0.493 e. The molecule has 0 fully saturated rings. The SMILES string of the molecule is COc1cccc([C@H]2CC(=O)Nc3c2sc(C(=O)O)c3-c2ccc(Cl)cc2)c1OC(C)C. The summed E-state index contributed by atoms with van der Waals surface area (Å²) in [6.45, 7) is 3.84. The van der Waals surface area contributed by atoms with Gasteiger partial charge in [-0.25, -0.2) is 4.79 Å². The summed E-state index contributed by atoms with van der Waals surface area (Å²) in [5, 5.41) is 13.4. The van der Waals surface area contributed by atoms with Crippen LogP contribution in [-0.4, -0.2) is 30.2 Å². The van der Waals surface area contributed by atoms with Crippen molar-refractivity contribution in [3.63, 3.8) is 0 Å². The van der Waals surface area contributed by atoms with Crippen molar-refractivity contribution in [2.75, 3.05) is 12.4 Å². The highest BCUT2D eigenvalue weighted by molar-refractivity contribution is 7.15. The number of amides is 1. The van der Waals surface area contributed by atoms with Gasteiger partial charge in [-0.05, 0) is 37.6 Å². The summed E-state index contributed by atoms with van der Waals surface area (Å²) in [7, 11) is 1.57. The van der Waals surface area contributed by atoms with E-state index >= 15 is 0 Å². The number of carbonyl (C=O) groups is 2. The molecule has 0 radical (unpaired) electrons. The summed E-state index contributed by atoms with van der Waals surface area (Å²) in [4.78, 5) is 25.8. The van der Waals surface area contributed by atoms with Gasteiger partial charge in [-0.3, -0.25) is 4.79 Å². The number of aromatic carboxylic acids is 1. The van der Waals surface area contributed by atoms with E-state index in [1.54, 1.807) is 37.4 Å². The molecule has 1 aromatic heterocycles. The number of thiophene rings is 1. The number of carboxylic acid groups (broad SMARTS) is 1. The van der Waals surface area contributed by atoms with Crippen molar-refractivity contribution < 1.29 is 24.2 Å². The Morgan fingerprint density at radius 2 is 1.94 bits per heavy atom. The lowest BCUT2D eigenvalue weighted by molar-refractivity contribution is -0.116. The molecule has 32 heavy (non-hydrogen) atoms. The van der Waals surface area contributed by atoms with E-state index in [-0.39, 0.29) is 29.2 Å². The van der Waals surface area contributed by atoms with Gasteiger partial charge in [0.25, 0.3) is 0 Å². The molecule has 0 aliphatic carbocycles.